The normalized spacial score (nSPS) is 24.8. The number of anilines is 1. The maximum Gasteiger partial charge on any atom is 0.335 e. The molecule has 1 heterocycles. The van der Waals surface area contributed by atoms with E-state index in [0.717, 1.165) is 36.9 Å². The first-order chi connectivity index (χ1) is 9.58. The predicted octanol–water partition coefficient (Wildman–Crippen LogP) is 1.40. The second kappa shape index (κ2) is 4.90. The molecule has 5 heteroatoms. The fourth-order valence-corrected chi connectivity index (χ4v) is 3.24. The summed E-state index contributed by atoms with van der Waals surface area (Å²) in [5, 5.41) is 9.07. The Morgan fingerprint density at radius 2 is 2.10 bits per heavy atom. The average molecular weight is 274 g/mol. The molecule has 0 aromatic heterocycles. The van der Waals surface area contributed by atoms with E-state index in [0.29, 0.717) is 6.54 Å². The van der Waals surface area contributed by atoms with E-state index in [-0.39, 0.29) is 23.4 Å². The van der Waals surface area contributed by atoms with Crippen LogP contribution in [0.25, 0.3) is 0 Å². The van der Waals surface area contributed by atoms with Gasteiger partial charge in [-0.3, -0.25) is 4.79 Å². The number of aromatic carboxylic acids is 1. The van der Waals surface area contributed by atoms with E-state index in [1.807, 2.05) is 0 Å². The van der Waals surface area contributed by atoms with Crippen molar-refractivity contribution in [2.45, 2.75) is 31.7 Å². The summed E-state index contributed by atoms with van der Waals surface area (Å²) in [4.78, 5) is 25.4. The molecule has 0 bridgehead atoms. The largest absolute Gasteiger partial charge is 0.478 e. The fourth-order valence-electron chi connectivity index (χ4n) is 3.24. The third-order valence-electron chi connectivity index (χ3n) is 4.38. The maximum atomic E-state index is 12.6. The molecule has 1 aromatic rings. The molecular formula is C15H18N2O3. The molecule has 1 aliphatic carbocycles. The number of hydrogen-bond donors (Lipinski definition) is 2. The van der Waals surface area contributed by atoms with Gasteiger partial charge in [0.2, 0.25) is 5.91 Å². The van der Waals surface area contributed by atoms with Gasteiger partial charge in [0, 0.05) is 18.3 Å². The monoisotopic (exact) mass is 274 g/mol. The molecule has 1 fully saturated rings. The third kappa shape index (κ3) is 2.08. The van der Waals surface area contributed by atoms with Gasteiger partial charge in [0.1, 0.15) is 0 Å². The summed E-state index contributed by atoms with van der Waals surface area (Å²) in [6.07, 6.45) is 3.51. The maximum absolute atomic E-state index is 12.6. The summed E-state index contributed by atoms with van der Waals surface area (Å²) < 4.78 is 0. The summed E-state index contributed by atoms with van der Waals surface area (Å²) >= 11 is 0. The number of nitrogens with zero attached hydrogens (tertiary/aromatic N) is 1. The highest BCUT2D eigenvalue weighted by molar-refractivity contribution is 5.99. The topological polar surface area (TPSA) is 83.6 Å². The van der Waals surface area contributed by atoms with Crippen LogP contribution in [0.4, 0.5) is 5.69 Å². The van der Waals surface area contributed by atoms with Crippen molar-refractivity contribution in [1.29, 1.82) is 0 Å². The van der Waals surface area contributed by atoms with Crippen molar-refractivity contribution in [3.8, 4) is 0 Å². The molecule has 3 N–H and O–H groups in total. The zero-order valence-corrected chi connectivity index (χ0v) is 11.2. The molecule has 2 aliphatic rings. The number of fused-ring (bicyclic) bond motifs is 1. The van der Waals surface area contributed by atoms with Crippen LogP contribution in [0.1, 0.15) is 35.2 Å². The van der Waals surface area contributed by atoms with E-state index in [1.165, 1.54) is 0 Å². The highest BCUT2D eigenvalue weighted by Gasteiger charge is 2.36. The molecule has 5 nitrogen and oxygen atoms in total. The molecule has 1 saturated carbocycles. The molecule has 1 aliphatic heterocycles. The number of carbonyl (C=O) groups is 2. The van der Waals surface area contributed by atoms with E-state index in [9.17, 15) is 9.59 Å². The van der Waals surface area contributed by atoms with E-state index < -0.39 is 5.97 Å². The minimum absolute atomic E-state index is 0.0521. The van der Waals surface area contributed by atoms with E-state index in [4.69, 9.17) is 10.8 Å². The van der Waals surface area contributed by atoms with Gasteiger partial charge in [-0.2, -0.15) is 0 Å². The molecule has 1 aromatic carbocycles. The summed E-state index contributed by atoms with van der Waals surface area (Å²) in [5.41, 5.74) is 8.01. The molecule has 0 saturated heterocycles. The Morgan fingerprint density at radius 1 is 1.30 bits per heavy atom. The summed E-state index contributed by atoms with van der Waals surface area (Å²) in [7, 11) is 0. The van der Waals surface area contributed by atoms with Crippen LogP contribution in [0.5, 0.6) is 0 Å². The molecule has 2 atom stereocenters. The smallest absolute Gasteiger partial charge is 0.335 e. The summed E-state index contributed by atoms with van der Waals surface area (Å²) in [6.45, 7) is 0.625. The number of benzene rings is 1. The molecule has 0 spiro atoms. The number of amides is 1. The standard InChI is InChI=1S/C15H18N2O3/c16-12-3-1-2-11(12)14(18)17-7-6-9-4-5-10(15(19)20)8-13(9)17/h4-5,8,11-12H,1-3,6-7,16H2,(H,19,20). The Labute approximate surface area is 117 Å². The predicted molar refractivity (Wildman–Crippen MR) is 74.8 cm³/mol. The van der Waals surface area contributed by atoms with Gasteiger partial charge < -0.3 is 15.7 Å². The molecule has 106 valence electrons. The van der Waals surface area contributed by atoms with Crippen molar-refractivity contribution in [2.24, 2.45) is 11.7 Å². The minimum Gasteiger partial charge on any atom is -0.478 e. The lowest BCUT2D eigenvalue weighted by molar-refractivity contribution is -0.122. The summed E-state index contributed by atoms with van der Waals surface area (Å²) in [5.74, 6) is -1.03. The number of carboxylic acid groups (broad SMARTS) is 1. The SMILES string of the molecule is NC1CCCC1C(=O)N1CCc2ccc(C(=O)O)cc21. The Morgan fingerprint density at radius 3 is 2.75 bits per heavy atom. The van der Waals surface area contributed by atoms with E-state index in [1.54, 1.807) is 23.1 Å². The molecule has 3 rings (SSSR count). The fraction of sp³-hybridized carbons (Fsp3) is 0.467. The van der Waals surface area contributed by atoms with Crippen LogP contribution in [0.2, 0.25) is 0 Å². The highest BCUT2D eigenvalue weighted by atomic mass is 16.4. The van der Waals surface area contributed by atoms with Crippen molar-refractivity contribution >= 4 is 17.6 Å². The first kappa shape index (κ1) is 13.1. The number of hydrogen-bond acceptors (Lipinski definition) is 3. The van der Waals surface area contributed by atoms with Crippen molar-refractivity contribution in [3.63, 3.8) is 0 Å². The average Bonchev–Trinajstić information content (AvgIpc) is 3.03. The second-order valence-electron chi connectivity index (χ2n) is 5.59. The Bertz CT molecular complexity index is 570. The summed E-state index contributed by atoms with van der Waals surface area (Å²) in [6, 6.07) is 4.94. The Kier molecular flexibility index (Phi) is 3.22. The molecular weight excluding hydrogens is 256 g/mol. The number of rotatable bonds is 2. The van der Waals surface area contributed by atoms with Crippen molar-refractivity contribution < 1.29 is 14.7 Å². The van der Waals surface area contributed by atoms with Crippen LogP contribution in [-0.4, -0.2) is 29.6 Å². The van der Waals surface area contributed by atoms with Crippen LogP contribution in [0, 0.1) is 5.92 Å². The van der Waals surface area contributed by atoms with Crippen molar-refractivity contribution in [1.82, 2.24) is 0 Å². The molecule has 2 unspecified atom stereocenters. The van der Waals surface area contributed by atoms with Gasteiger partial charge in [-0.25, -0.2) is 4.79 Å². The number of carbonyl (C=O) groups excluding carboxylic acids is 1. The van der Waals surface area contributed by atoms with Gasteiger partial charge in [-0.1, -0.05) is 12.5 Å². The second-order valence-corrected chi connectivity index (χ2v) is 5.59. The van der Waals surface area contributed by atoms with E-state index >= 15 is 0 Å². The van der Waals surface area contributed by atoms with Crippen LogP contribution >= 0.6 is 0 Å². The van der Waals surface area contributed by atoms with Gasteiger partial charge in [-0.05, 0) is 37.0 Å². The highest BCUT2D eigenvalue weighted by Crippen LogP contribution is 2.33. The molecule has 20 heavy (non-hydrogen) atoms. The lowest BCUT2D eigenvalue weighted by atomic mass is 10.0. The zero-order chi connectivity index (χ0) is 14.3. The van der Waals surface area contributed by atoms with Crippen LogP contribution < -0.4 is 10.6 Å². The van der Waals surface area contributed by atoms with Crippen molar-refractivity contribution in [2.75, 3.05) is 11.4 Å². The lowest BCUT2D eigenvalue weighted by Crippen LogP contribution is -2.41. The first-order valence-corrected chi connectivity index (χ1v) is 7.01. The zero-order valence-electron chi connectivity index (χ0n) is 11.2. The van der Waals surface area contributed by atoms with Crippen LogP contribution in [-0.2, 0) is 11.2 Å². The number of nitrogens with two attached hydrogens (primary N) is 1. The Hall–Kier alpha value is -1.88. The van der Waals surface area contributed by atoms with Crippen molar-refractivity contribution in [3.05, 3.63) is 29.3 Å². The van der Waals surface area contributed by atoms with E-state index in [2.05, 4.69) is 0 Å². The van der Waals surface area contributed by atoms with Crippen LogP contribution in [0.15, 0.2) is 18.2 Å². The lowest BCUT2D eigenvalue weighted by Gasteiger charge is -2.23. The first-order valence-electron chi connectivity index (χ1n) is 7.01. The van der Waals surface area contributed by atoms with Gasteiger partial charge in [-0.15, -0.1) is 0 Å². The van der Waals surface area contributed by atoms with Gasteiger partial charge in [0.15, 0.2) is 0 Å². The molecule has 0 radical (unpaired) electrons. The quantitative estimate of drug-likeness (QED) is 0.854. The van der Waals surface area contributed by atoms with Gasteiger partial charge in [0.25, 0.3) is 0 Å². The van der Waals surface area contributed by atoms with Crippen LogP contribution in [0.3, 0.4) is 0 Å². The molecule has 1 amide bonds. The number of carboxylic acids is 1. The minimum atomic E-state index is -0.968. The van der Waals surface area contributed by atoms with Gasteiger partial charge >= 0.3 is 5.97 Å². The van der Waals surface area contributed by atoms with Gasteiger partial charge in [0.05, 0.1) is 11.5 Å². The third-order valence-corrected chi connectivity index (χ3v) is 4.38. The Balaban J connectivity index is 1.90.